The highest BCUT2D eigenvalue weighted by molar-refractivity contribution is 7.13. The molecule has 0 amide bonds. The van der Waals surface area contributed by atoms with Crippen molar-refractivity contribution >= 4 is 17.3 Å². The standard InChI is InChI=1S/C22H32O6S/c1-28-22-13-11-16(29-22)10-8-15(23)9-12-18-17(19(24)14-20(18)25)6-4-2-3-5-7-21(26)27/h2,4,9,11-13,15,17-20,23-25H,3,5-8,10,14H2,1H3,(H,26,27)/b4-2-,12-9+/t15-,17+,18+,19-,20+/m0/s1. The maximum Gasteiger partial charge on any atom is 0.303 e. The zero-order valence-corrected chi connectivity index (χ0v) is 17.6. The minimum atomic E-state index is -0.797. The van der Waals surface area contributed by atoms with Crippen LogP contribution >= 0.6 is 11.3 Å². The highest BCUT2D eigenvalue weighted by Crippen LogP contribution is 2.36. The lowest BCUT2D eigenvalue weighted by Gasteiger charge is -2.19. The van der Waals surface area contributed by atoms with Crippen molar-refractivity contribution < 1.29 is 30.0 Å². The molecule has 5 atom stereocenters. The van der Waals surface area contributed by atoms with E-state index in [9.17, 15) is 20.1 Å². The monoisotopic (exact) mass is 424 g/mol. The van der Waals surface area contributed by atoms with E-state index in [1.54, 1.807) is 24.5 Å². The number of aliphatic hydroxyl groups excluding tert-OH is 3. The van der Waals surface area contributed by atoms with E-state index >= 15 is 0 Å². The Morgan fingerprint density at radius 1 is 1.31 bits per heavy atom. The molecule has 4 N–H and O–H groups in total. The zero-order valence-electron chi connectivity index (χ0n) is 16.8. The Bertz CT molecular complexity index is 683. The molecule has 1 saturated carbocycles. The normalized spacial score (nSPS) is 25.8. The molecule has 0 bridgehead atoms. The first-order valence-electron chi connectivity index (χ1n) is 10.1. The van der Waals surface area contributed by atoms with Crippen LogP contribution in [0, 0.1) is 11.8 Å². The van der Waals surface area contributed by atoms with E-state index in [0.717, 1.165) is 16.4 Å². The molecule has 0 saturated heterocycles. The van der Waals surface area contributed by atoms with Crippen molar-refractivity contribution in [2.75, 3.05) is 7.11 Å². The van der Waals surface area contributed by atoms with Gasteiger partial charge in [-0.3, -0.25) is 4.79 Å². The van der Waals surface area contributed by atoms with Crippen molar-refractivity contribution in [2.45, 2.75) is 63.3 Å². The van der Waals surface area contributed by atoms with E-state index in [-0.39, 0.29) is 18.3 Å². The molecule has 0 aromatic carbocycles. The van der Waals surface area contributed by atoms with Crippen LogP contribution in [0.15, 0.2) is 36.4 Å². The van der Waals surface area contributed by atoms with Gasteiger partial charge in [0.2, 0.25) is 0 Å². The van der Waals surface area contributed by atoms with Crippen LogP contribution in [0.1, 0.15) is 43.4 Å². The maximum atomic E-state index is 10.5. The van der Waals surface area contributed by atoms with Gasteiger partial charge in [0.25, 0.3) is 0 Å². The van der Waals surface area contributed by atoms with Crippen molar-refractivity contribution in [3.8, 4) is 5.06 Å². The van der Waals surface area contributed by atoms with E-state index < -0.39 is 24.3 Å². The van der Waals surface area contributed by atoms with Gasteiger partial charge in [-0.1, -0.05) is 24.3 Å². The second kappa shape index (κ2) is 12.1. The number of carboxylic acids is 1. The average Bonchev–Trinajstić information content (AvgIpc) is 3.25. The fourth-order valence-electron chi connectivity index (χ4n) is 3.69. The third-order valence-corrected chi connectivity index (χ3v) is 6.44. The van der Waals surface area contributed by atoms with Crippen molar-refractivity contribution in [3.05, 3.63) is 41.3 Å². The van der Waals surface area contributed by atoms with Crippen molar-refractivity contribution in [1.82, 2.24) is 0 Å². The van der Waals surface area contributed by atoms with Gasteiger partial charge in [0.05, 0.1) is 25.4 Å². The van der Waals surface area contributed by atoms with Gasteiger partial charge in [-0.25, -0.2) is 0 Å². The molecule has 162 valence electrons. The number of unbranched alkanes of at least 4 members (excludes halogenated alkanes) is 1. The van der Waals surface area contributed by atoms with E-state index in [4.69, 9.17) is 9.84 Å². The first-order valence-corrected chi connectivity index (χ1v) is 10.9. The predicted molar refractivity (Wildman–Crippen MR) is 113 cm³/mol. The lowest BCUT2D eigenvalue weighted by atomic mass is 9.89. The van der Waals surface area contributed by atoms with Gasteiger partial charge >= 0.3 is 5.97 Å². The Labute approximate surface area is 176 Å². The summed E-state index contributed by atoms with van der Waals surface area (Å²) < 4.78 is 5.17. The Morgan fingerprint density at radius 3 is 2.79 bits per heavy atom. The van der Waals surface area contributed by atoms with Crippen LogP contribution in [0.4, 0.5) is 0 Å². The molecule has 0 aliphatic heterocycles. The number of hydrogen-bond donors (Lipinski definition) is 4. The van der Waals surface area contributed by atoms with E-state index in [1.165, 1.54) is 0 Å². The average molecular weight is 425 g/mol. The summed E-state index contributed by atoms with van der Waals surface area (Å²) in [4.78, 5) is 11.7. The number of carbonyl (C=O) groups is 1. The molecule has 1 aliphatic carbocycles. The number of rotatable bonds is 12. The quantitative estimate of drug-likeness (QED) is 0.303. The first kappa shape index (κ1) is 23.6. The molecule has 6 nitrogen and oxygen atoms in total. The summed E-state index contributed by atoms with van der Waals surface area (Å²) in [5, 5.41) is 40.3. The van der Waals surface area contributed by atoms with E-state index in [0.29, 0.717) is 32.1 Å². The van der Waals surface area contributed by atoms with Crippen molar-refractivity contribution in [3.63, 3.8) is 0 Å². The molecule has 0 spiro atoms. The molecule has 1 aliphatic rings. The Balaban J connectivity index is 1.81. The smallest absolute Gasteiger partial charge is 0.303 e. The van der Waals surface area contributed by atoms with Crippen molar-refractivity contribution in [1.29, 1.82) is 0 Å². The molecule has 0 unspecified atom stereocenters. The van der Waals surface area contributed by atoms with Gasteiger partial charge in [-0.15, -0.1) is 11.3 Å². The maximum absolute atomic E-state index is 10.5. The Kier molecular flexibility index (Phi) is 9.87. The Hall–Kier alpha value is -1.67. The molecule has 1 aromatic rings. The second-order valence-corrected chi connectivity index (χ2v) is 8.65. The molecule has 1 fully saturated rings. The van der Waals surface area contributed by atoms with E-state index in [1.807, 2.05) is 30.4 Å². The van der Waals surface area contributed by atoms with Gasteiger partial charge < -0.3 is 25.2 Å². The fraction of sp³-hybridized carbons (Fsp3) is 0.591. The second-order valence-electron chi connectivity index (χ2n) is 7.52. The summed E-state index contributed by atoms with van der Waals surface area (Å²) in [7, 11) is 1.64. The lowest BCUT2D eigenvalue weighted by molar-refractivity contribution is -0.137. The van der Waals surface area contributed by atoms with Crippen LogP contribution in [0.25, 0.3) is 0 Å². The molecular weight excluding hydrogens is 392 g/mol. The minimum Gasteiger partial charge on any atom is -0.487 e. The van der Waals surface area contributed by atoms with Gasteiger partial charge in [0.15, 0.2) is 5.06 Å². The van der Waals surface area contributed by atoms with Gasteiger partial charge in [-0.05, 0) is 50.2 Å². The summed E-state index contributed by atoms with van der Waals surface area (Å²) in [6, 6.07) is 3.91. The molecule has 1 heterocycles. The number of allylic oxidation sites excluding steroid dienone is 2. The number of carboxylic acid groups (broad SMARTS) is 1. The molecule has 1 aromatic heterocycles. The van der Waals surface area contributed by atoms with Crippen LogP contribution < -0.4 is 4.74 Å². The van der Waals surface area contributed by atoms with Crippen LogP contribution in [-0.4, -0.2) is 51.8 Å². The molecular formula is C22H32O6S. The minimum absolute atomic E-state index is 0.106. The van der Waals surface area contributed by atoms with Crippen molar-refractivity contribution in [2.24, 2.45) is 11.8 Å². The van der Waals surface area contributed by atoms with Gasteiger partial charge in [0, 0.05) is 23.6 Å². The number of aliphatic hydroxyl groups is 3. The SMILES string of the molecule is COc1ccc(CC[C@H](O)/C=C/[C@@H]2[C@@H](C/C=C\CCCC(=O)O)[C@@H](O)C[C@H]2O)s1. The lowest BCUT2D eigenvalue weighted by Crippen LogP contribution is -2.20. The number of ether oxygens (including phenoxy) is 1. The zero-order chi connectivity index (χ0) is 21.2. The largest absolute Gasteiger partial charge is 0.487 e. The molecule has 7 heteroatoms. The third-order valence-electron chi connectivity index (χ3n) is 5.33. The molecule has 29 heavy (non-hydrogen) atoms. The van der Waals surface area contributed by atoms with Crippen LogP contribution in [0.2, 0.25) is 0 Å². The number of aliphatic carboxylic acids is 1. The van der Waals surface area contributed by atoms with E-state index in [2.05, 4.69) is 0 Å². The number of thiophene rings is 1. The first-order chi connectivity index (χ1) is 13.9. The third kappa shape index (κ3) is 7.93. The highest BCUT2D eigenvalue weighted by atomic mass is 32.1. The summed E-state index contributed by atoms with van der Waals surface area (Å²) in [6.45, 7) is 0. The highest BCUT2D eigenvalue weighted by Gasteiger charge is 2.39. The summed E-state index contributed by atoms with van der Waals surface area (Å²) in [5.41, 5.74) is 0. The Morgan fingerprint density at radius 2 is 2.10 bits per heavy atom. The topological polar surface area (TPSA) is 107 Å². The molecule has 2 rings (SSSR count). The summed E-state index contributed by atoms with van der Waals surface area (Å²) >= 11 is 1.56. The van der Waals surface area contributed by atoms with Crippen LogP contribution in [0.5, 0.6) is 5.06 Å². The van der Waals surface area contributed by atoms with Gasteiger partial charge in [0.1, 0.15) is 0 Å². The molecule has 0 radical (unpaired) electrons. The van der Waals surface area contributed by atoms with Gasteiger partial charge in [-0.2, -0.15) is 0 Å². The summed E-state index contributed by atoms with van der Waals surface area (Å²) in [6.07, 6.45) is 9.33. The number of aryl methyl sites for hydroxylation is 1. The fourth-order valence-corrected chi connectivity index (χ4v) is 4.53. The predicted octanol–water partition coefficient (Wildman–Crippen LogP) is 3.17. The summed E-state index contributed by atoms with van der Waals surface area (Å²) in [5.74, 6) is -1.11. The van der Waals surface area contributed by atoms with Crippen LogP contribution in [0.3, 0.4) is 0 Å². The van der Waals surface area contributed by atoms with Crippen LogP contribution in [-0.2, 0) is 11.2 Å². The number of methoxy groups -OCH3 is 1. The number of hydrogen-bond acceptors (Lipinski definition) is 6.